The molecule has 34 heavy (non-hydrogen) atoms. The maximum Gasteiger partial charge on any atom is 0.247 e. The van der Waals surface area contributed by atoms with Crippen molar-refractivity contribution in [3.8, 4) is 17.6 Å². The first-order valence-electron chi connectivity index (χ1n) is 11.8. The van der Waals surface area contributed by atoms with Gasteiger partial charge in [-0.15, -0.1) is 0 Å². The lowest BCUT2D eigenvalue weighted by Crippen LogP contribution is -2.49. The zero-order chi connectivity index (χ0) is 24.7. The van der Waals surface area contributed by atoms with E-state index in [9.17, 15) is 13.5 Å². The Kier molecular flexibility index (Phi) is 9.09. The van der Waals surface area contributed by atoms with Crippen LogP contribution in [0.3, 0.4) is 0 Å². The molecule has 0 amide bonds. The number of likely N-dealkylation sites (N-methyl/N-ethyl adjacent to an activating group) is 1. The molecule has 0 saturated heterocycles. The normalized spacial score (nSPS) is 20.9. The topological polar surface area (TPSA) is 83.0 Å². The van der Waals surface area contributed by atoms with Crippen LogP contribution in [0.25, 0.3) is 0 Å². The van der Waals surface area contributed by atoms with Crippen LogP contribution in [0, 0.1) is 17.8 Å². The number of hydrogen-bond acceptors (Lipinski definition) is 6. The van der Waals surface area contributed by atoms with Crippen molar-refractivity contribution in [1.82, 2.24) is 14.2 Å². The molecular formula is C26H35N3O4S. The van der Waals surface area contributed by atoms with Crippen LogP contribution in [0.2, 0.25) is 0 Å². The summed E-state index contributed by atoms with van der Waals surface area (Å²) in [4.78, 5) is 6.64. The molecule has 2 aromatic rings. The van der Waals surface area contributed by atoms with E-state index < -0.39 is 16.1 Å². The minimum Gasteiger partial charge on any atom is -0.487 e. The number of rotatable bonds is 7. The lowest BCUT2D eigenvalue weighted by atomic mass is 10.0. The van der Waals surface area contributed by atoms with Gasteiger partial charge in [-0.05, 0) is 50.7 Å². The molecule has 8 heteroatoms. The fourth-order valence-electron chi connectivity index (χ4n) is 3.95. The van der Waals surface area contributed by atoms with Crippen molar-refractivity contribution in [3.05, 3.63) is 53.9 Å². The molecule has 184 valence electrons. The van der Waals surface area contributed by atoms with Crippen LogP contribution in [0.4, 0.5) is 0 Å². The Balaban J connectivity index is 1.97. The van der Waals surface area contributed by atoms with E-state index in [2.05, 4.69) is 28.6 Å². The van der Waals surface area contributed by atoms with Crippen molar-refractivity contribution in [2.45, 2.75) is 57.2 Å². The molecule has 0 fully saturated rings. The number of aromatic nitrogens is 1. The summed E-state index contributed by atoms with van der Waals surface area (Å²) in [5, 5.41) is 9.78. The van der Waals surface area contributed by atoms with Gasteiger partial charge in [0.15, 0.2) is 0 Å². The average Bonchev–Trinajstić information content (AvgIpc) is 2.81. The predicted molar refractivity (Wildman–Crippen MR) is 133 cm³/mol. The number of fused-ring (bicyclic) bond motifs is 1. The SMILES string of the molecule is CCCC#Cc1ccc2c(c1)O[C@@H](CN(C)Cc1ccccn1)[C@H](C)CN([C@H](C)CO)S2(=O)=O. The van der Waals surface area contributed by atoms with E-state index in [0.717, 1.165) is 24.1 Å². The highest BCUT2D eigenvalue weighted by molar-refractivity contribution is 7.89. The van der Waals surface area contributed by atoms with Gasteiger partial charge in [-0.25, -0.2) is 8.42 Å². The molecule has 1 aliphatic rings. The fraction of sp³-hybridized carbons (Fsp3) is 0.500. The third kappa shape index (κ3) is 6.36. The molecule has 2 heterocycles. The van der Waals surface area contributed by atoms with Gasteiger partial charge in [-0.1, -0.05) is 31.8 Å². The number of benzene rings is 1. The number of aliphatic hydroxyl groups is 1. The minimum absolute atomic E-state index is 0.109. The van der Waals surface area contributed by atoms with Gasteiger partial charge in [-0.2, -0.15) is 4.31 Å². The lowest BCUT2D eigenvalue weighted by molar-refractivity contribution is 0.0730. The number of pyridine rings is 1. The van der Waals surface area contributed by atoms with Crippen LogP contribution in [-0.4, -0.2) is 66.6 Å². The van der Waals surface area contributed by atoms with Crippen LogP contribution in [0.1, 0.15) is 44.9 Å². The number of ether oxygens (including phenoxy) is 1. The first-order valence-corrected chi connectivity index (χ1v) is 13.2. The van der Waals surface area contributed by atoms with Gasteiger partial charge in [0.1, 0.15) is 16.7 Å². The molecule has 3 rings (SSSR count). The highest BCUT2D eigenvalue weighted by atomic mass is 32.2. The molecule has 1 aromatic carbocycles. The summed E-state index contributed by atoms with van der Waals surface area (Å²) in [6, 6.07) is 10.3. The van der Waals surface area contributed by atoms with Crippen molar-refractivity contribution >= 4 is 10.0 Å². The largest absolute Gasteiger partial charge is 0.487 e. The third-order valence-electron chi connectivity index (χ3n) is 5.92. The first kappa shape index (κ1) is 26.2. The zero-order valence-corrected chi connectivity index (χ0v) is 21.3. The molecule has 0 bridgehead atoms. The van der Waals surface area contributed by atoms with Crippen molar-refractivity contribution in [1.29, 1.82) is 0 Å². The first-order chi connectivity index (χ1) is 16.3. The summed E-state index contributed by atoms with van der Waals surface area (Å²) >= 11 is 0. The molecule has 0 saturated carbocycles. The maximum absolute atomic E-state index is 13.5. The Bertz CT molecular complexity index is 1110. The number of aliphatic hydroxyl groups excluding tert-OH is 1. The Labute approximate surface area is 203 Å². The van der Waals surface area contributed by atoms with E-state index in [-0.39, 0.29) is 30.1 Å². The van der Waals surface area contributed by atoms with Gasteiger partial charge in [0, 0.05) is 49.8 Å². The smallest absolute Gasteiger partial charge is 0.247 e. The van der Waals surface area contributed by atoms with E-state index in [4.69, 9.17) is 4.74 Å². The Hall–Kier alpha value is -2.44. The summed E-state index contributed by atoms with van der Waals surface area (Å²) in [6.07, 6.45) is 3.24. The van der Waals surface area contributed by atoms with Crippen molar-refractivity contribution in [2.75, 3.05) is 26.7 Å². The van der Waals surface area contributed by atoms with Crippen LogP contribution < -0.4 is 4.74 Å². The molecule has 1 N–H and O–H groups in total. The second kappa shape index (κ2) is 11.8. The van der Waals surface area contributed by atoms with Gasteiger partial charge in [0.05, 0.1) is 12.3 Å². The van der Waals surface area contributed by atoms with Gasteiger partial charge in [0.25, 0.3) is 0 Å². The highest BCUT2D eigenvalue weighted by Crippen LogP contribution is 2.34. The molecular weight excluding hydrogens is 450 g/mol. The van der Waals surface area contributed by atoms with E-state index in [0.29, 0.717) is 18.8 Å². The molecule has 0 spiro atoms. The monoisotopic (exact) mass is 485 g/mol. The quantitative estimate of drug-likeness (QED) is 0.607. The van der Waals surface area contributed by atoms with Crippen molar-refractivity contribution in [3.63, 3.8) is 0 Å². The van der Waals surface area contributed by atoms with E-state index >= 15 is 0 Å². The predicted octanol–water partition coefficient (Wildman–Crippen LogP) is 3.13. The Morgan fingerprint density at radius 3 is 2.79 bits per heavy atom. The summed E-state index contributed by atoms with van der Waals surface area (Å²) in [5.74, 6) is 6.41. The van der Waals surface area contributed by atoms with E-state index in [1.54, 1.807) is 31.3 Å². The van der Waals surface area contributed by atoms with Gasteiger partial charge in [0.2, 0.25) is 10.0 Å². The summed E-state index contributed by atoms with van der Waals surface area (Å²) in [5.41, 5.74) is 1.67. The third-order valence-corrected chi connectivity index (χ3v) is 7.94. The Morgan fingerprint density at radius 1 is 1.32 bits per heavy atom. The fourth-order valence-corrected chi connectivity index (χ4v) is 5.78. The summed E-state index contributed by atoms with van der Waals surface area (Å²) in [7, 11) is -1.85. The van der Waals surface area contributed by atoms with Gasteiger partial charge < -0.3 is 9.84 Å². The molecule has 7 nitrogen and oxygen atoms in total. The molecule has 1 aliphatic heterocycles. The average molecular weight is 486 g/mol. The van der Waals surface area contributed by atoms with E-state index in [1.165, 1.54) is 4.31 Å². The standard InChI is InChI=1S/C26H35N3O4S/c1-5-6-7-10-22-12-13-26-24(15-22)33-25(18-28(4)17-23-11-8-9-14-27-23)20(2)16-29(21(3)19-30)34(26,31)32/h8-9,11-15,20-21,25,30H,5-6,16-19H2,1-4H3/t20-,21-,25+/m1/s1. The molecule has 1 aromatic heterocycles. The number of nitrogens with zero attached hydrogens (tertiary/aromatic N) is 3. The Morgan fingerprint density at radius 2 is 2.12 bits per heavy atom. The van der Waals surface area contributed by atoms with Gasteiger partial charge >= 0.3 is 0 Å². The van der Waals surface area contributed by atoms with Crippen molar-refractivity contribution < 1.29 is 18.3 Å². The van der Waals surface area contributed by atoms with Crippen LogP contribution in [0.5, 0.6) is 5.75 Å². The lowest BCUT2D eigenvalue weighted by Gasteiger charge is -2.37. The second-order valence-corrected chi connectivity index (χ2v) is 10.8. The molecule has 0 aliphatic carbocycles. The number of unbranched alkanes of at least 4 members (excludes halogenated alkanes) is 1. The van der Waals surface area contributed by atoms with Crippen molar-refractivity contribution in [2.24, 2.45) is 5.92 Å². The summed E-state index contributed by atoms with van der Waals surface area (Å²) in [6.45, 7) is 7.01. The summed E-state index contributed by atoms with van der Waals surface area (Å²) < 4.78 is 34.9. The maximum atomic E-state index is 13.5. The number of sulfonamides is 1. The highest BCUT2D eigenvalue weighted by Gasteiger charge is 2.38. The van der Waals surface area contributed by atoms with Crippen LogP contribution in [0.15, 0.2) is 47.5 Å². The molecule has 0 unspecified atom stereocenters. The number of hydrogen-bond donors (Lipinski definition) is 1. The zero-order valence-electron chi connectivity index (χ0n) is 20.4. The molecule has 3 atom stereocenters. The minimum atomic E-state index is -3.85. The van der Waals surface area contributed by atoms with Crippen LogP contribution in [-0.2, 0) is 16.6 Å². The van der Waals surface area contributed by atoms with E-state index in [1.807, 2.05) is 32.2 Å². The molecule has 0 radical (unpaired) electrons. The van der Waals surface area contributed by atoms with Gasteiger partial charge in [-0.3, -0.25) is 9.88 Å². The second-order valence-electron chi connectivity index (χ2n) is 8.97. The van der Waals surface area contributed by atoms with Crippen LogP contribution >= 0.6 is 0 Å².